The van der Waals surface area contributed by atoms with E-state index in [-0.39, 0.29) is 0 Å². The Morgan fingerprint density at radius 3 is 2.92 bits per heavy atom. The van der Waals surface area contributed by atoms with E-state index in [9.17, 15) is 0 Å². The van der Waals surface area contributed by atoms with Gasteiger partial charge >= 0.3 is 0 Å². The monoisotopic (exact) mass is 358 g/mol. The Morgan fingerprint density at radius 1 is 1.25 bits per heavy atom. The standard InChI is InChI=1S/C18H22N4S2/c1-22(2)13(15-8-5-9-23-15)10-19-17-16-12-6-3-4-7-14(12)24-18(16)21-11-20-17/h5,8-9,11,13H,3-4,6-7,10H2,1-2H3,(H,19,20,21)/t13-/m1/s1. The van der Waals surface area contributed by atoms with Crippen molar-refractivity contribution in [3.63, 3.8) is 0 Å². The topological polar surface area (TPSA) is 41.0 Å². The highest BCUT2D eigenvalue weighted by Gasteiger charge is 2.21. The highest BCUT2D eigenvalue weighted by Crippen LogP contribution is 2.38. The van der Waals surface area contributed by atoms with Crippen molar-refractivity contribution in [2.75, 3.05) is 26.0 Å². The van der Waals surface area contributed by atoms with Gasteiger partial charge in [-0.3, -0.25) is 0 Å². The molecular formula is C18H22N4S2. The van der Waals surface area contributed by atoms with E-state index in [1.54, 1.807) is 6.33 Å². The van der Waals surface area contributed by atoms with Crippen LogP contribution in [0.25, 0.3) is 10.2 Å². The lowest BCUT2D eigenvalue weighted by molar-refractivity contribution is 0.316. The maximum absolute atomic E-state index is 4.57. The Kier molecular flexibility index (Phi) is 4.52. The Balaban J connectivity index is 1.63. The molecule has 1 aliphatic carbocycles. The lowest BCUT2D eigenvalue weighted by Gasteiger charge is -2.24. The molecule has 0 fully saturated rings. The van der Waals surface area contributed by atoms with Gasteiger partial charge in [-0.1, -0.05) is 6.07 Å². The van der Waals surface area contributed by atoms with Crippen LogP contribution in [0.3, 0.4) is 0 Å². The largest absolute Gasteiger partial charge is 0.367 e. The Hall–Kier alpha value is -1.50. The van der Waals surface area contributed by atoms with Gasteiger partial charge in [0.2, 0.25) is 0 Å². The van der Waals surface area contributed by atoms with Crippen LogP contribution in [0.15, 0.2) is 23.8 Å². The van der Waals surface area contributed by atoms with Crippen molar-refractivity contribution in [2.45, 2.75) is 31.7 Å². The predicted octanol–water partition coefficient (Wildman–Crippen LogP) is 4.35. The van der Waals surface area contributed by atoms with Crippen molar-refractivity contribution in [3.05, 3.63) is 39.2 Å². The molecule has 3 aromatic rings. The fourth-order valence-corrected chi connectivity index (χ4v) is 5.59. The van der Waals surface area contributed by atoms with E-state index in [4.69, 9.17) is 0 Å². The number of rotatable bonds is 5. The van der Waals surface area contributed by atoms with Crippen molar-refractivity contribution in [3.8, 4) is 0 Å². The van der Waals surface area contributed by atoms with Gasteiger partial charge in [0.25, 0.3) is 0 Å². The summed E-state index contributed by atoms with van der Waals surface area (Å²) in [5, 5.41) is 7.02. The first-order valence-electron chi connectivity index (χ1n) is 8.43. The lowest BCUT2D eigenvalue weighted by atomic mass is 9.97. The number of fused-ring (bicyclic) bond motifs is 3. The lowest BCUT2D eigenvalue weighted by Crippen LogP contribution is -2.26. The molecule has 0 aromatic carbocycles. The SMILES string of the molecule is CN(C)[C@H](CNc1ncnc2sc3c(c12)CCCC3)c1cccs1. The van der Waals surface area contributed by atoms with Gasteiger partial charge in [0.1, 0.15) is 17.0 Å². The number of hydrogen-bond donors (Lipinski definition) is 1. The molecular weight excluding hydrogens is 336 g/mol. The summed E-state index contributed by atoms with van der Waals surface area (Å²) < 4.78 is 0. The van der Waals surface area contributed by atoms with Crippen LogP contribution >= 0.6 is 22.7 Å². The first-order valence-corrected chi connectivity index (χ1v) is 10.1. The van der Waals surface area contributed by atoms with E-state index in [1.165, 1.54) is 46.4 Å². The fraction of sp³-hybridized carbons (Fsp3) is 0.444. The molecule has 6 heteroatoms. The molecule has 0 aliphatic heterocycles. The zero-order chi connectivity index (χ0) is 16.5. The molecule has 3 heterocycles. The summed E-state index contributed by atoms with van der Waals surface area (Å²) in [6.45, 7) is 0.851. The van der Waals surface area contributed by atoms with Crippen LogP contribution in [-0.2, 0) is 12.8 Å². The molecule has 0 bridgehead atoms. The van der Waals surface area contributed by atoms with Crippen LogP contribution in [0.5, 0.6) is 0 Å². The van der Waals surface area contributed by atoms with Crippen molar-refractivity contribution in [1.29, 1.82) is 0 Å². The summed E-state index contributed by atoms with van der Waals surface area (Å²) >= 11 is 3.66. The van der Waals surface area contributed by atoms with E-state index < -0.39 is 0 Å². The van der Waals surface area contributed by atoms with Gasteiger partial charge in [0, 0.05) is 16.3 Å². The van der Waals surface area contributed by atoms with E-state index in [0.29, 0.717) is 6.04 Å². The average Bonchev–Trinajstić information content (AvgIpc) is 3.22. The number of aromatic nitrogens is 2. The number of anilines is 1. The minimum absolute atomic E-state index is 0.351. The number of thiophene rings is 2. The molecule has 126 valence electrons. The van der Waals surface area contributed by atoms with Gasteiger partial charge in [-0.2, -0.15) is 0 Å². The van der Waals surface area contributed by atoms with Gasteiger partial charge < -0.3 is 10.2 Å². The maximum Gasteiger partial charge on any atom is 0.138 e. The second-order valence-electron chi connectivity index (χ2n) is 6.49. The molecule has 0 spiro atoms. The minimum Gasteiger partial charge on any atom is -0.367 e. The second-order valence-corrected chi connectivity index (χ2v) is 8.55. The third-order valence-corrected chi connectivity index (χ3v) is 6.88. The van der Waals surface area contributed by atoms with Gasteiger partial charge in [-0.25, -0.2) is 9.97 Å². The maximum atomic E-state index is 4.57. The summed E-state index contributed by atoms with van der Waals surface area (Å²) in [4.78, 5) is 15.4. The molecule has 0 saturated carbocycles. The van der Waals surface area contributed by atoms with Gasteiger partial charge in [-0.15, -0.1) is 22.7 Å². The molecule has 0 amide bonds. The summed E-state index contributed by atoms with van der Waals surface area (Å²) in [5.41, 5.74) is 1.49. The van der Waals surface area contributed by atoms with Crippen LogP contribution in [0.1, 0.15) is 34.2 Å². The number of nitrogens with one attached hydrogen (secondary N) is 1. The Labute approximate surface area is 150 Å². The van der Waals surface area contributed by atoms with Crippen molar-refractivity contribution in [2.24, 2.45) is 0 Å². The fourth-order valence-electron chi connectivity index (χ4n) is 3.44. The van der Waals surface area contributed by atoms with Crippen LogP contribution in [-0.4, -0.2) is 35.5 Å². The normalized spacial score (nSPS) is 15.6. The molecule has 4 rings (SSSR count). The number of hydrogen-bond acceptors (Lipinski definition) is 6. The molecule has 1 N–H and O–H groups in total. The summed E-state index contributed by atoms with van der Waals surface area (Å²) in [7, 11) is 4.27. The van der Waals surface area contributed by atoms with Crippen molar-refractivity contribution >= 4 is 38.7 Å². The van der Waals surface area contributed by atoms with E-state index in [2.05, 4.69) is 51.8 Å². The van der Waals surface area contributed by atoms with Crippen LogP contribution in [0, 0.1) is 0 Å². The average molecular weight is 359 g/mol. The second kappa shape index (κ2) is 6.78. The first-order chi connectivity index (χ1) is 11.7. The van der Waals surface area contributed by atoms with Gasteiger partial charge in [0.05, 0.1) is 11.4 Å². The number of nitrogens with zero attached hydrogens (tertiary/aromatic N) is 3. The number of likely N-dealkylation sites (N-methyl/N-ethyl adjacent to an activating group) is 1. The van der Waals surface area contributed by atoms with E-state index >= 15 is 0 Å². The van der Waals surface area contributed by atoms with Crippen LogP contribution in [0.2, 0.25) is 0 Å². The van der Waals surface area contributed by atoms with Crippen molar-refractivity contribution in [1.82, 2.24) is 14.9 Å². The van der Waals surface area contributed by atoms with E-state index in [1.807, 2.05) is 22.7 Å². The molecule has 1 atom stereocenters. The molecule has 3 aromatic heterocycles. The van der Waals surface area contributed by atoms with Gasteiger partial charge in [-0.05, 0) is 56.8 Å². The van der Waals surface area contributed by atoms with E-state index in [0.717, 1.165) is 17.2 Å². The Bertz CT molecular complexity index is 823. The molecule has 24 heavy (non-hydrogen) atoms. The van der Waals surface area contributed by atoms with Crippen molar-refractivity contribution < 1.29 is 0 Å². The third kappa shape index (κ3) is 2.94. The summed E-state index contributed by atoms with van der Waals surface area (Å²) in [5.74, 6) is 1.00. The third-order valence-electron chi connectivity index (χ3n) is 4.71. The zero-order valence-corrected chi connectivity index (χ0v) is 15.7. The smallest absolute Gasteiger partial charge is 0.138 e. The Morgan fingerprint density at radius 2 is 2.12 bits per heavy atom. The molecule has 0 saturated heterocycles. The highest BCUT2D eigenvalue weighted by molar-refractivity contribution is 7.19. The van der Waals surface area contributed by atoms with Crippen LogP contribution in [0.4, 0.5) is 5.82 Å². The molecule has 4 nitrogen and oxygen atoms in total. The minimum atomic E-state index is 0.351. The predicted molar refractivity (Wildman–Crippen MR) is 103 cm³/mol. The quantitative estimate of drug-likeness (QED) is 0.736. The van der Waals surface area contributed by atoms with Crippen LogP contribution < -0.4 is 5.32 Å². The first kappa shape index (κ1) is 16.0. The summed E-state index contributed by atoms with van der Waals surface area (Å²) in [6.07, 6.45) is 6.65. The van der Waals surface area contributed by atoms with Gasteiger partial charge in [0.15, 0.2) is 0 Å². The summed E-state index contributed by atoms with van der Waals surface area (Å²) in [6, 6.07) is 4.68. The molecule has 0 unspecified atom stereocenters. The molecule has 0 radical (unpaired) electrons. The zero-order valence-electron chi connectivity index (χ0n) is 14.1. The molecule has 1 aliphatic rings. The number of aryl methyl sites for hydroxylation is 2. The highest BCUT2D eigenvalue weighted by atomic mass is 32.1.